The standard InChI is InChI=1S/C12H9N3.BF3/c1-2-4-10-9(3-1)5-6-11(15-10)12-13-7-8-14-12;2-1(3)4/h1-8H,(H,13,14);. The van der Waals surface area contributed by atoms with E-state index < -0.39 is 7.54 Å². The van der Waals surface area contributed by atoms with Gasteiger partial charge in [0.2, 0.25) is 0 Å². The second kappa shape index (κ2) is 6.04. The Hall–Kier alpha value is -2.31. The molecule has 19 heavy (non-hydrogen) atoms. The largest absolute Gasteiger partial charge is 0.762 e. The van der Waals surface area contributed by atoms with E-state index in [1.54, 1.807) is 12.4 Å². The van der Waals surface area contributed by atoms with Gasteiger partial charge < -0.3 is 4.98 Å². The molecule has 3 aromatic rings. The smallest absolute Gasteiger partial charge is 0.343 e. The Labute approximate surface area is 107 Å². The number of nitrogens with one attached hydrogen (secondary N) is 1. The molecule has 96 valence electrons. The van der Waals surface area contributed by atoms with Crippen LogP contribution in [0.1, 0.15) is 0 Å². The summed E-state index contributed by atoms with van der Waals surface area (Å²) in [5.74, 6) is 0.806. The van der Waals surface area contributed by atoms with Gasteiger partial charge in [0.25, 0.3) is 0 Å². The number of pyridine rings is 1. The Balaban J connectivity index is 0.000000297. The van der Waals surface area contributed by atoms with Crippen LogP contribution in [-0.4, -0.2) is 22.5 Å². The predicted molar refractivity (Wildman–Crippen MR) is 68.4 cm³/mol. The highest BCUT2D eigenvalue weighted by atomic mass is 19.4. The van der Waals surface area contributed by atoms with Gasteiger partial charge in [0, 0.05) is 17.8 Å². The van der Waals surface area contributed by atoms with Crippen LogP contribution >= 0.6 is 0 Å². The number of aromatic nitrogens is 3. The fourth-order valence-corrected chi connectivity index (χ4v) is 1.60. The van der Waals surface area contributed by atoms with Crippen molar-refractivity contribution >= 4 is 18.4 Å². The lowest BCUT2D eigenvalue weighted by Crippen LogP contribution is -1.86. The van der Waals surface area contributed by atoms with Gasteiger partial charge in [-0.3, -0.25) is 12.9 Å². The third-order valence-corrected chi connectivity index (χ3v) is 2.34. The van der Waals surface area contributed by atoms with Crippen molar-refractivity contribution in [3.05, 3.63) is 48.8 Å². The zero-order chi connectivity index (χ0) is 13.7. The second-order valence-corrected chi connectivity index (χ2v) is 3.57. The Morgan fingerprint density at radius 1 is 1.00 bits per heavy atom. The van der Waals surface area contributed by atoms with Gasteiger partial charge in [0.15, 0.2) is 5.82 Å². The van der Waals surface area contributed by atoms with E-state index in [2.05, 4.69) is 21.0 Å². The van der Waals surface area contributed by atoms with E-state index in [0.717, 1.165) is 22.4 Å². The molecule has 1 aromatic carbocycles. The van der Waals surface area contributed by atoms with Crippen LogP contribution < -0.4 is 0 Å². The monoisotopic (exact) mass is 263 g/mol. The number of para-hydroxylation sites is 1. The molecule has 0 aliphatic carbocycles. The quantitative estimate of drug-likeness (QED) is 0.682. The summed E-state index contributed by atoms with van der Waals surface area (Å²) < 4.78 is 29.0. The molecule has 3 rings (SSSR count). The van der Waals surface area contributed by atoms with Crippen LogP contribution in [-0.2, 0) is 0 Å². The molecule has 0 saturated carbocycles. The van der Waals surface area contributed by atoms with Gasteiger partial charge in [-0.2, -0.15) is 0 Å². The number of hydrogen-bond acceptors (Lipinski definition) is 2. The first-order valence-corrected chi connectivity index (χ1v) is 5.44. The first kappa shape index (κ1) is 13.1. The topological polar surface area (TPSA) is 41.6 Å². The number of rotatable bonds is 1. The molecule has 2 heterocycles. The van der Waals surface area contributed by atoms with E-state index in [-0.39, 0.29) is 0 Å². The lowest BCUT2D eigenvalue weighted by Gasteiger charge is -1.99. The summed E-state index contributed by atoms with van der Waals surface area (Å²) in [6.07, 6.45) is 3.53. The van der Waals surface area contributed by atoms with Gasteiger partial charge in [-0.15, -0.1) is 0 Å². The lowest BCUT2D eigenvalue weighted by molar-refractivity contribution is 0.535. The third-order valence-electron chi connectivity index (χ3n) is 2.34. The minimum absolute atomic E-state index is 0.806. The maximum absolute atomic E-state index is 9.67. The highest BCUT2D eigenvalue weighted by Gasteiger charge is 2.06. The van der Waals surface area contributed by atoms with E-state index in [9.17, 15) is 12.9 Å². The Morgan fingerprint density at radius 3 is 2.42 bits per heavy atom. The first-order chi connectivity index (χ1) is 9.16. The average Bonchev–Trinajstić information content (AvgIpc) is 2.91. The molecule has 0 fully saturated rings. The van der Waals surface area contributed by atoms with Crippen molar-refractivity contribution in [1.29, 1.82) is 0 Å². The van der Waals surface area contributed by atoms with Crippen LogP contribution in [0, 0.1) is 0 Å². The summed E-state index contributed by atoms with van der Waals surface area (Å²) in [5, 5.41) is 1.15. The number of nitrogens with zero attached hydrogens (tertiary/aromatic N) is 2. The molecule has 0 bridgehead atoms. The average molecular weight is 263 g/mol. The third kappa shape index (κ3) is 3.57. The first-order valence-electron chi connectivity index (χ1n) is 5.44. The molecule has 0 aliphatic rings. The summed E-state index contributed by atoms with van der Waals surface area (Å²) in [6, 6.07) is 12.1. The van der Waals surface area contributed by atoms with E-state index >= 15 is 0 Å². The number of imidazole rings is 1. The number of aromatic amines is 1. The van der Waals surface area contributed by atoms with Crippen molar-refractivity contribution in [3.8, 4) is 11.5 Å². The van der Waals surface area contributed by atoms with E-state index in [4.69, 9.17) is 0 Å². The molecule has 0 spiro atoms. The molecule has 0 saturated heterocycles. The highest BCUT2D eigenvalue weighted by Crippen LogP contribution is 2.17. The van der Waals surface area contributed by atoms with E-state index in [1.807, 2.05) is 30.3 Å². The van der Waals surface area contributed by atoms with Crippen molar-refractivity contribution in [3.63, 3.8) is 0 Å². The van der Waals surface area contributed by atoms with Crippen LogP contribution in [0.3, 0.4) is 0 Å². The molecular weight excluding hydrogens is 254 g/mol. The molecule has 0 amide bonds. The lowest BCUT2D eigenvalue weighted by atomic mass is 10.2. The summed E-state index contributed by atoms with van der Waals surface area (Å²) in [4.78, 5) is 11.7. The van der Waals surface area contributed by atoms with Crippen LogP contribution in [0.5, 0.6) is 0 Å². The Bertz CT molecular complexity index is 641. The Kier molecular flexibility index (Phi) is 4.17. The van der Waals surface area contributed by atoms with Gasteiger partial charge in [0.1, 0.15) is 5.69 Å². The maximum Gasteiger partial charge on any atom is 0.762 e. The van der Waals surface area contributed by atoms with Crippen molar-refractivity contribution in [2.24, 2.45) is 0 Å². The fraction of sp³-hybridized carbons (Fsp3) is 0. The molecule has 2 aromatic heterocycles. The van der Waals surface area contributed by atoms with Crippen LogP contribution in [0.4, 0.5) is 12.9 Å². The number of hydrogen-bond donors (Lipinski definition) is 1. The molecule has 0 radical (unpaired) electrons. The molecule has 0 unspecified atom stereocenters. The van der Waals surface area contributed by atoms with Gasteiger partial charge in [-0.25, -0.2) is 9.97 Å². The van der Waals surface area contributed by atoms with Crippen LogP contribution in [0.15, 0.2) is 48.8 Å². The Morgan fingerprint density at radius 2 is 1.74 bits per heavy atom. The van der Waals surface area contributed by atoms with E-state index in [1.165, 1.54) is 0 Å². The normalized spacial score (nSPS) is 9.84. The number of benzene rings is 1. The second-order valence-electron chi connectivity index (χ2n) is 3.57. The molecule has 7 heteroatoms. The molecule has 0 atom stereocenters. The van der Waals surface area contributed by atoms with Gasteiger partial charge >= 0.3 is 7.54 Å². The van der Waals surface area contributed by atoms with Crippen molar-refractivity contribution in [2.75, 3.05) is 0 Å². The number of fused-ring (bicyclic) bond motifs is 1. The van der Waals surface area contributed by atoms with Gasteiger partial charge in [-0.1, -0.05) is 24.3 Å². The van der Waals surface area contributed by atoms with Crippen LogP contribution in [0.2, 0.25) is 0 Å². The number of halogens is 3. The number of H-pyrrole nitrogens is 1. The van der Waals surface area contributed by atoms with Gasteiger partial charge in [-0.05, 0) is 12.1 Å². The molecular formula is C12H9BF3N3. The summed E-state index contributed by atoms with van der Waals surface area (Å²) >= 11 is 0. The summed E-state index contributed by atoms with van der Waals surface area (Å²) in [5.41, 5.74) is 1.87. The van der Waals surface area contributed by atoms with Crippen molar-refractivity contribution in [2.45, 2.75) is 0 Å². The fourth-order valence-electron chi connectivity index (χ4n) is 1.60. The molecule has 1 N–H and O–H groups in total. The SMILES string of the molecule is FB(F)F.c1ccc2nc(-c3ncc[nH]3)ccc2c1. The van der Waals surface area contributed by atoms with Crippen molar-refractivity contribution in [1.82, 2.24) is 15.0 Å². The maximum atomic E-state index is 9.67. The minimum atomic E-state index is -3.67. The molecule has 3 nitrogen and oxygen atoms in total. The summed E-state index contributed by atoms with van der Waals surface area (Å²) in [6.45, 7) is 0. The van der Waals surface area contributed by atoms with Crippen molar-refractivity contribution < 1.29 is 12.9 Å². The predicted octanol–water partition coefficient (Wildman–Crippen LogP) is 3.50. The van der Waals surface area contributed by atoms with E-state index in [0.29, 0.717) is 0 Å². The zero-order valence-corrected chi connectivity index (χ0v) is 9.72. The minimum Gasteiger partial charge on any atom is -0.343 e. The highest BCUT2D eigenvalue weighted by molar-refractivity contribution is 6.33. The van der Waals surface area contributed by atoms with Crippen LogP contribution in [0.25, 0.3) is 22.4 Å². The van der Waals surface area contributed by atoms with Gasteiger partial charge in [0.05, 0.1) is 5.52 Å². The molecule has 0 aliphatic heterocycles. The summed E-state index contributed by atoms with van der Waals surface area (Å²) in [7, 11) is -3.67. The zero-order valence-electron chi connectivity index (χ0n) is 9.72.